The minimum Gasteiger partial charge on any atom is -0.475 e. The van der Waals surface area contributed by atoms with Gasteiger partial charge < -0.3 is 19.7 Å². The van der Waals surface area contributed by atoms with Crippen LogP contribution >= 0.6 is 0 Å². The average molecular weight is 384 g/mol. The number of amides is 1. The molecule has 1 aromatic heterocycles. The molecule has 1 N–H and O–H groups in total. The molecule has 0 unspecified atom stereocenters. The lowest BCUT2D eigenvalue weighted by Crippen LogP contribution is -2.35. The molecule has 1 aromatic carbocycles. The number of carbonyl (C=O) groups is 1. The van der Waals surface area contributed by atoms with Crippen LogP contribution in [0.2, 0.25) is 0 Å². The van der Waals surface area contributed by atoms with Gasteiger partial charge in [-0.15, -0.1) is 0 Å². The maximum Gasteiger partial charge on any atom is 0.410 e. The summed E-state index contributed by atoms with van der Waals surface area (Å²) >= 11 is 0. The molecule has 1 amide bonds. The van der Waals surface area contributed by atoms with Gasteiger partial charge in [0, 0.05) is 25.0 Å². The smallest absolute Gasteiger partial charge is 0.410 e. The Kier molecular flexibility index (Phi) is 5.00. The Balaban J connectivity index is 1.40. The van der Waals surface area contributed by atoms with Crippen LogP contribution in [-0.4, -0.2) is 52.3 Å². The Hall–Kier alpha value is -2.57. The first-order valence-corrected chi connectivity index (χ1v) is 10.0. The van der Waals surface area contributed by atoms with Gasteiger partial charge in [0.05, 0.1) is 17.6 Å². The first-order chi connectivity index (χ1) is 13.4. The number of carbonyl (C=O) groups excluding carboxylic acids is 1. The summed E-state index contributed by atoms with van der Waals surface area (Å²) in [6.45, 7) is 7.49. The van der Waals surface area contributed by atoms with E-state index < -0.39 is 5.60 Å². The highest BCUT2D eigenvalue weighted by Crippen LogP contribution is 2.30. The molecule has 2 aliphatic rings. The molecule has 1 saturated carbocycles. The first-order valence-electron chi connectivity index (χ1n) is 10.0. The number of para-hydroxylation sites is 2. The monoisotopic (exact) mass is 384 g/mol. The van der Waals surface area contributed by atoms with Crippen LogP contribution in [0, 0.1) is 5.92 Å². The number of ether oxygens (including phenoxy) is 2. The molecule has 1 atom stereocenters. The third-order valence-corrected chi connectivity index (χ3v) is 4.85. The number of anilines is 1. The molecular formula is C21H28N4O3. The van der Waals surface area contributed by atoms with E-state index in [-0.39, 0.29) is 12.0 Å². The number of fused-ring (bicyclic) bond motifs is 1. The number of hydrogen-bond acceptors (Lipinski definition) is 6. The lowest BCUT2D eigenvalue weighted by molar-refractivity contribution is 0.0284. The Labute approximate surface area is 165 Å². The standard InChI is InChI=1S/C21H28N4O3/c1-21(2,3)28-20(26)25-11-10-14(12-25)13-27-19-18(22-15-8-9-15)23-16-6-4-5-7-17(16)24-19/h4-7,14-15H,8-13H2,1-3H3,(H,22,23)/t14-/m1/s1. The number of nitrogens with zero attached hydrogens (tertiary/aromatic N) is 3. The number of likely N-dealkylation sites (tertiary alicyclic amines) is 1. The second-order valence-corrected chi connectivity index (χ2v) is 8.68. The Morgan fingerprint density at radius 2 is 1.89 bits per heavy atom. The second kappa shape index (κ2) is 7.45. The molecule has 150 valence electrons. The van der Waals surface area contributed by atoms with Crippen LogP contribution in [-0.2, 0) is 4.74 Å². The van der Waals surface area contributed by atoms with Crippen LogP contribution in [0.4, 0.5) is 10.6 Å². The van der Waals surface area contributed by atoms with E-state index in [9.17, 15) is 4.79 Å². The lowest BCUT2D eigenvalue weighted by atomic mass is 10.1. The topological polar surface area (TPSA) is 76.6 Å². The van der Waals surface area contributed by atoms with Crippen LogP contribution in [0.25, 0.3) is 11.0 Å². The second-order valence-electron chi connectivity index (χ2n) is 8.68. The van der Waals surface area contributed by atoms with E-state index in [1.165, 1.54) is 0 Å². The Bertz CT molecular complexity index is 860. The molecule has 0 radical (unpaired) electrons. The fourth-order valence-electron chi connectivity index (χ4n) is 3.26. The van der Waals surface area contributed by atoms with E-state index in [1.807, 2.05) is 45.0 Å². The zero-order chi connectivity index (χ0) is 19.7. The predicted molar refractivity (Wildman–Crippen MR) is 108 cm³/mol. The summed E-state index contributed by atoms with van der Waals surface area (Å²) in [6.07, 6.45) is 2.95. The highest BCUT2D eigenvalue weighted by molar-refractivity contribution is 5.77. The summed E-state index contributed by atoms with van der Waals surface area (Å²) in [5.41, 5.74) is 1.20. The zero-order valence-corrected chi connectivity index (χ0v) is 16.8. The molecule has 7 heteroatoms. The summed E-state index contributed by atoms with van der Waals surface area (Å²) in [4.78, 5) is 23.4. The van der Waals surface area contributed by atoms with E-state index in [2.05, 4.69) is 10.3 Å². The van der Waals surface area contributed by atoms with Crippen LogP contribution in [0.5, 0.6) is 5.88 Å². The van der Waals surface area contributed by atoms with E-state index in [4.69, 9.17) is 14.5 Å². The van der Waals surface area contributed by atoms with E-state index >= 15 is 0 Å². The van der Waals surface area contributed by atoms with Crippen LogP contribution in [0.15, 0.2) is 24.3 Å². The number of rotatable bonds is 5. The first kappa shape index (κ1) is 18.8. The molecule has 28 heavy (non-hydrogen) atoms. The van der Waals surface area contributed by atoms with Gasteiger partial charge in [-0.25, -0.2) is 14.8 Å². The largest absolute Gasteiger partial charge is 0.475 e. The fraction of sp³-hybridized carbons (Fsp3) is 0.571. The number of benzene rings is 1. The molecule has 0 spiro atoms. The van der Waals surface area contributed by atoms with Crippen molar-refractivity contribution in [3.63, 3.8) is 0 Å². The van der Waals surface area contributed by atoms with Crippen LogP contribution in [0.3, 0.4) is 0 Å². The van der Waals surface area contributed by atoms with Crippen molar-refractivity contribution in [3.8, 4) is 5.88 Å². The highest BCUT2D eigenvalue weighted by atomic mass is 16.6. The molecule has 1 aliphatic carbocycles. The summed E-state index contributed by atoms with van der Waals surface area (Å²) in [6, 6.07) is 8.27. The number of hydrogen-bond donors (Lipinski definition) is 1. The number of aromatic nitrogens is 2. The van der Waals surface area contributed by atoms with Gasteiger partial charge in [0.25, 0.3) is 5.88 Å². The van der Waals surface area contributed by atoms with E-state index in [1.54, 1.807) is 4.90 Å². The minimum atomic E-state index is -0.476. The van der Waals surface area contributed by atoms with Gasteiger partial charge in [-0.2, -0.15) is 0 Å². The average Bonchev–Trinajstić information content (AvgIpc) is 3.32. The van der Waals surface area contributed by atoms with Gasteiger partial charge in [-0.05, 0) is 52.2 Å². The third-order valence-electron chi connectivity index (χ3n) is 4.85. The molecular weight excluding hydrogens is 356 g/mol. The quantitative estimate of drug-likeness (QED) is 0.844. The van der Waals surface area contributed by atoms with Gasteiger partial charge in [0.2, 0.25) is 0 Å². The Morgan fingerprint density at radius 1 is 1.18 bits per heavy atom. The number of nitrogens with one attached hydrogen (secondary N) is 1. The van der Waals surface area contributed by atoms with Gasteiger partial charge >= 0.3 is 6.09 Å². The van der Waals surface area contributed by atoms with E-state index in [0.29, 0.717) is 37.4 Å². The third kappa shape index (κ3) is 4.64. The molecule has 2 heterocycles. The summed E-state index contributed by atoms with van der Waals surface area (Å²) in [7, 11) is 0. The highest BCUT2D eigenvalue weighted by Gasteiger charge is 2.31. The summed E-state index contributed by atoms with van der Waals surface area (Å²) in [5.74, 6) is 1.51. The molecule has 1 aliphatic heterocycles. The minimum absolute atomic E-state index is 0.253. The van der Waals surface area contributed by atoms with Crippen molar-refractivity contribution in [3.05, 3.63) is 24.3 Å². The lowest BCUT2D eigenvalue weighted by Gasteiger charge is -2.24. The molecule has 2 fully saturated rings. The molecule has 0 bridgehead atoms. The van der Waals surface area contributed by atoms with Crippen molar-refractivity contribution >= 4 is 22.9 Å². The van der Waals surface area contributed by atoms with Crippen molar-refractivity contribution in [2.75, 3.05) is 25.0 Å². The molecule has 7 nitrogen and oxygen atoms in total. The van der Waals surface area contributed by atoms with Crippen molar-refractivity contribution in [2.45, 2.75) is 51.7 Å². The predicted octanol–water partition coefficient (Wildman–Crippen LogP) is 3.84. The van der Waals surface area contributed by atoms with Crippen molar-refractivity contribution < 1.29 is 14.3 Å². The van der Waals surface area contributed by atoms with Crippen molar-refractivity contribution in [1.82, 2.24) is 14.9 Å². The maximum atomic E-state index is 12.2. The normalized spacial score (nSPS) is 19.7. The zero-order valence-electron chi connectivity index (χ0n) is 16.8. The van der Waals surface area contributed by atoms with Gasteiger partial charge in [0.15, 0.2) is 5.82 Å². The molecule has 2 aromatic rings. The summed E-state index contributed by atoms with van der Waals surface area (Å²) < 4.78 is 11.5. The van der Waals surface area contributed by atoms with Crippen LogP contribution < -0.4 is 10.1 Å². The summed E-state index contributed by atoms with van der Waals surface area (Å²) in [5, 5.41) is 3.42. The van der Waals surface area contributed by atoms with Gasteiger partial charge in [0.1, 0.15) is 5.60 Å². The van der Waals surface area contributed by atoms with Crippen LogP contribution in [0.1, 0.15) is 40.0 Å². The fourth-order valence-corrected chi connectivity index (χ4v) is 3.26. The van der Waals surface area contributed by atoms with E-state index in [0.717, 1.165) is 30.3 Å². The maximum absolute atomic E-state index is 12.2. The SMILES string of the molecule is CC(C)(C)OC(=O)N1CC[C@@H](COc2nc3ccccc3nc2NC2CC2)C1. The van der Waals surface area contributed by atoms with Gasteiger partial charge in [-0.3, -0.25) is 0 Å². The Morgan fingerprint density at radius 3 is 2.57 bits per heavy atom. The molecule has 4 rings (SSSR count). The van der Waals surface area contributed by atoms with Crippen molar-refractivity contribution in [1.29, 1.82) is 0 Å². The van der Waals surface area contributed by atoms with Crippen molar-refractivity contribution in [2.24, 2.45) is 5.92 Å². The van der Waals surface area contributed by atoms with Gasteiger partial charge in [-0.1, -0.05) is 12.1 Å². The molecule has 1 saturated heterocycles.